The number of carbonyl (C=O) groups excluding carboxylic acids is 1. The Morgan fingerprint density at radius 1 is 1.08 bits per heavy atom. The summed E-state index contributed by atoms with van der Waals surface area (Å²) in [7, 11) is 3.33. The molecule has 1 N–H and O–H groups in total. The van der Waals surface area contributed by atoms with Crippen molar-refractivity contribution in [1.82, 2.24) is 10.2 Å². The number of rotatable bonds is 4. The van der Waals surface area contributed by atoms with Gasteiger partial charge in [-0.2, -0.15) is 0 Å². The maximum atomic E-state index is 12.8. The van der Waals surface area contributed by atoms with Crippen LogP contribution in [0, 0.1) is 0 Å². The quantitative estimate of drug-likeness (QED) is 0.910. The number of likely N-dealkylation sites (tertiary alicyclic amines) is 1. The van der Waals surface area contributed by atoms with Gasteiger partial charge in [0.15, 0.2) is 0 Å². The summed E-state index contributed by atoms with van der Waals surface area (Å²) in [5, 5.41) is 3.24. The minimum Gasteiger partial charge on any atom is -0.497 e. The van der Waals surface area contributed by atoms with E-state index in [9.17, 15) is 4.79 Å². The molecule has 1 atom stereocenters. The molecule has 2 amide bonds. The standard InChI is InChI=1S/C19H28N2O3/c1-23-15-10-11-18(24-2)16(13-15)17-9-6-12-21(17)19(22)20-14-7-4-3-5-8-14/h10-11,13-14,17H,3-9,12H2,1-2H3,(H,20,22). The number of methoxy groups -OCH3 is 2. The van der Waals surface area contributed by atoms with Gasteiger partial charge in [0.05, 0.1) is 20.3 Å². The zero-order chi connectivity index (χ0) is 16.9. The molecule has 1 aliphatic heterocycles. The van der Waals surface area contributed by atoms with Crippen LogP contribution in [0.4, 0.5) is 4.79 Å². The Labute approximate surface area is 144 Å². The molecule has 24 heavy (non-hydrogen) atoms. The Kier molecular flexibility index (Phi) is 5.48. The van der Waals surface area contributed by atoms with E-state index < -0.39 is 0 Å². The number of nitrogens with one attached hydrogen (secondary N) is 1. The van der Waals surface area contributed by atoms with Crippen LogP contribution in [0.3, 0.4) is 0 Å². The maximum absolute atomic E-state index is 12.8. The first kappa shape index (κ1) is 16.9. The lowest BCUT2D eigenvalue weighted by molar-refractivity contribution is 0.184. The molecule has 5 heteroatoms. The topological polar surface area (TPSA) is 50.8 Å². The Morgan fingerprint density at radius 2 is 1.88 bits per heavy atom. The molecule has 1 heterocycles. The Hall–Kier alpha value is -1.91. The summed E-state index contributed by atoms with van der Waals surface area (Å²) in [5.41, 5.74) is 1.04. The van der Waals surface area contributed by atoms with Crippen LogP contribution in [0.25, 0.3) is 0 Å². The first-order valence-electron chi connectivity index (χ1n) is 9.02. The SMILES string of the molecule is COc1ccc(OC)c(C2CCCN2C(=O)NC2CCCCC2)c1. The van der Waals surface area contributed by atoms with Crippen LogP contribution in [0.1, 0.15) is 56.6 Å². The van der Waals surface area contributed by atoms with Gasteiger partial charge in [-0.1, -0.05) is 19.3 Å². The summed E-state index contributed by atoms with van der Waals surface area (Å²) < 4.78 is 10.9. The van der Waals surface area contributed by atoms with E-state index in [4.69, 9.17) is 9.47 Å². The minimum atomic E-state index is 0.0543. The number of urea groups is 1. The van der Waals surface area contributed by atoms with E-state index in [1.165, 1.54) is 19.3 Å². The summed E-state index contributed by atoms with van der Waals surface area (Å²) in [5.74, 6) is 1.61. The van der Waals surface area contributed by atoms with Crippen molar-refractivity contribution in [3.05, 3.63) is 23.8 Å². The second-order valence-electron chi connectivity index (χ2n) is 6.74. The van der Waals surface area contributed by atoms with Gasteiger partial charge < -0.3 is 19.7 Å². The van der Waals surface area contributed by atoms with Crippen molar-refractivity contribution in [2.75, 3.05) is 20.8 Å². The van der Waals surface area contributed by atoms with Crippen molar-refractivity contribution < 1.29 is 14.3 Å². The smallest absolute Gasteiger partial charge is 0.318 e. The predicted octanol–water partition coefficient (Wildman–Crippen LogP) is 3.88. The lowest BCUT2D eigenvalue weighted by Crippen LogP contribution is -2.45. The third kappa shape index (κ3) is 3.60. The van der Waals surface area contributed by atoms with Crippen molar-refractivity contribution in [2.45, 2.75) is 57.0 Å². The summed E-state index contributed by atoms with van der Waals surface area (Å²) in [6, 6.07) is 6.26. The van der Waals surface area contributed by atoms with Crippen LogP contribution >= 0.6 is 0 Å². The molecule has 5 nitrogen and oxygen atoms in total. The molecule has 2 fully saturated rings. The van der Waals surface area contributed by atoms with E-state index in [-0.39, 0.29) is 12.1 Å². The molecule has 0 aromatic heterocycles. The zero-order valence-corrected chi connectivity index (χ0v) is 14.7. The lowest BCUT2D eigenvalue weighted by atomic mass is 9.95. The molecule has 0 bridgehead atoms. The monoisotopic (exact) mass is 332 g/mol. The highest BCUT2D eigenvalue weighted by atomic mass is 16.5. The molecule has 1 aromatic rings. The first-order valence-corrected chi connectivity index (χ1v) is 9.02. The van der Waals surface area contributed by atoms with E-state index in [1.807, 2.05) is 23.1 Å². The first-order chi connectivity index (χ1) is 11.7. The molecule has 0 spiro atoms. The second-order valence-corrected chi connectivity index (χ2v) is 6.74. The normalized spacial score (nSPS) is 21.6. The number of benzene rings is 1. The van der Waals surface area contributed by atoms with Gasteiger partial charge in [-0.25, -0.2) is 4.79 Å². The Morgan fingerprint density at radius 3 is 2.58 bits per heavy atom. The van der Waals surface area contributed by atoms with Crippen molar-refractivity contribution in [2.24, 2.45) is 0 Å². The Bertz CT molecular complexity index is 570. The number of nitrogens with zero attached hydrogens (tertiary/aromatic N) is 1. The van der Waals surface area contributed by atoms with Crippen LogP contribution in [0.5, 0.6) is 11.5 Å². The highest BCUT2D eigenvalue weighted by Crippen LogP contribution is 2.39. The number of ether oxygens (including phenoxy) is 2. The lowest BCUT2D eigenvalue weighted by Gasteiger charge is -2.30. The molecular formula is C19H28N2O3. The number of carbonyl (C=O) groups is 1. The minimum absolute atomic E-state index is 0.0543. The molecule has 1 saturated heterocycles. The summed E-state index contributed by atoms with van der Waals surface area (Å²) in [6.07, 6.45) is 7.92. The average molecular weight is 332 g/mol. The van der Waals surface area contributed by atoms with Crippen molar-refractivity contribution in [3.8, 4) is 11.5 Å². The van der Waals surface area contributed by atoms with E-state index >= 15 is 0 Å². The summed E-state index contributed by atoms with van der Waals surface area (Å²) in [4.78, 5) is 14.8. The van der Waals surface area contributed by atoms with Gasteiger partial charge in [-0.3, -0.25) is 0 Å². The van der Waals surface area contributed by atoms with Gasteiger partial charge >= 0.3 is 6.03 Å². The van der Waals surface area contributed by atoms with Gasteiger partial charge in [-0.05, 0) is 43.9 Å². The molecule has 1 aromatic carbocycles. The number of amides is 2. The van der Waals surface area contributed by atoms with Crippen LogP contribution in [0.15, 0.2) is 18.2 Å². The van der Waals surface area contributed by atoms with E-state index in [0.29, 0.717) is 6.04 Å². The number of hydrogen-bond donors (Lipinski definition) is 1. The molecule has 3 rings (SSSR count). The van der Waals surface area contributed by atoms with E-state index in [0.717, 1.165) is 49.3 Å². The van der Waals surface area contributed by atoms with Crippen LogP contribution < -0.4 is 14.8 Å². The predicted molar refractivity (Wildman–Crippen MR) is 93.6 cm³/mol. The fourth-order valence-electron chi connectivity index (χ4n) is 3.94. The van der Waals surface area contributed by atoms with Crippen molar-refractivity contribution >= 4 is 6.03 Å². The van der Waals surface area contributed by atoms with Crippen molar-refractivity contribution in [3.63, 3.8) is 0 Å². The highest BCUT2D eigenvalue weighted by molar-refractivity contribution is 5.75. The van der Waals surface area contributed by atoms with Crippen molar-refractivity contribution in [1.29, 1.82) is 0 Å². The van der Waals surface area contributed by atoms with Crippen LogP contribution in [-0.2, 0) is 0 Å². The third-order valence-electron chi connectivity index (χ3n) is 5.24. The summed E-state index contributed by atoms with van der Waals surface area (Å²) >= 11 is 0. The van der Waals surface area contributed by atoms with Gasteiger partial charge in [0.25, 0.3) is 0 Å². The van der Waals surface area contributed by atoms with Gasteiger partial charge in [0, 0.05) is 18.2 Å². The number of hydrogen-bond acceptors (Lipinski definition) is 3. The highest BCUT2D eigenvalue weighted by Gasteiger charge is 2.33. The van der Waals surface area contributed by atoms with E-state index in [1.54, 1.807) is 14.2 Å². The second kappa shape index (κ2) is 7.77. The average Bonchev–Trinajstić information content (AvgIpc) is 3.11. The van der Waals surface area contributed by atoms with E-state index in [2.05, 4.69) is 5.32 Å². The molecule has 132 valence electrons. The maximum Gasteiger partial charge on any atom is 0.318 e. The van der Waals surface area contributed by atoms with Crippen LogP contribution in [0.2, 0.25) is 0 Å². The third-order valence-corrected chi connectivity index (χ3v) is 5.24. The largest absolute Gasteiger partial charge is 0.497 e. The van der Waals surface area contributed by atoms with Gasteiger partial charge in [0.1, 0.15) is 11.5 Å². The molecule has 1 aliphatic carbocycles. The Balaban J connectivity index is 1.76. The molecule has 1 unspecified atom stereocenters. The molecule has 2 aliphatic rings. The molecule has 0 radical (unpaired) electrons. The van der Waals surface area contributed by atoms with Crippen LogP contribution in [-0.4, -0.2) is 37.7 Å². The van der Waals surface area contributed by atoms with Gasteiger partial charge in [0.2, 0.25) is 0 Å². The fraction of sp³-hybridized carbons (Fsp3) is 0.632. The molecule has 1 saturated carbocycles. The fourth-order valence-corrected chi connectivity index (χ4v) is 3.94. The molecular weight excluding hydrogens is 304 g/mol. The van der Waals surface area contributed by atoms with Gasteiger partial charge in [-0.15, -0.1) is 0 Å². The summed E-state index contributed by atoms with van der Waals surface area (Å²) in [6.45, 7) is 0.795. The zero-order valence-electron chi connectivity index (χ0n) is 14.7.